The van der Waals surface area contributed by atoms with Crippen LogP contribution in [-0.2, 0) is 30.3 Å². The molecular formula is C19H25NO6. The van der Waals surface area contributed by atoms with Crippen molar-refractivity contribution in [2.75, 3.05) is 6.61 Å². The van der Waals surface area contributed by atoms with Crippen LogP contribution < -0.4 is 5.32 Å². The second-order valence-corrected chi connectivity index (χ2v) is 6.43. The fourth-order valence-corrected chi connectivity index (χ4v) is 2.39. The molecule has 0 radical (unpaired) electrons. The van der Waals surface area contributed by atoms with Crippen molar-refractivity contribution >= 4 is 12.1 Å². The van der Waals surface area contributed by atoms with Crippen molar-refractivity contribution in [1.82, 2.24) is 5.32 Å². The number of hydrogen-bond donors (Lipinski definition) is 1. The Morgan fingerprint density at radius 1 is 1.38 bits per heavy atom. The van der Waals surface area contributed by atoms with E-state index in [0.29, 0.717) is 0 Å². The van der Waals surface area contributed by atoms with Crippen LogP contribution in [0, 0.1) is 0 Å². The monoisotopic (exact) mass is 363 g/mol. The minimum absolute atomic E-state index is 0.117. The van der Waals surface area contributed by atoms with Gasteiger partial charge in [-0.1, -0.05) is 36.9 Å². The zero-order valence-corrected chi connectivity index (χ0v) is 15.3. The molecule has 1 fully saturated rings. The lowest BCUT2D eigenvalue weighted by molar-refractivity contribution is -0.166. The number of carbonyl (C=O) groups is 2. The van der Waals surface area contributed by atoms with Gasteiger partial charge in [-0.3, -0.25) is 0 Å². The SMILES string of the molecule is C=C[C@H](OC(=O)C(C)NC(=O)OCc1ccccc1)[C@H]1COC(C)(C)O1. The molecule has 1 aromatic carbocycles. The van der Waals surface area contributed by atoms with E-state index in [2.05, 4.69) is 11.9 Å². The van der Waals surface area contributed by atoms with E-state index < -0.39 is 36.1 Å². The van der Waals surface area contributed by atoms with E-state index in [4.69, 9.17) is 18.9 Å². The normalized spacial score (nSPS) is 20.7. The Kier molecular flexibility index (Phi) is 6.76. The third-order valence-corrected chi connectivity index (χ3v) is 3.78. The van der Waals surface area contributed by atoms with Crippen LogP contribution in [0.15, 0.2) is 43.0 Å². The van der Waals surface area contributed by atoms with E-state index >= 15 is 0 Å². The molecule has 1 N–H and O–H groups in total. The average Bonchev–Trinajstić information content (AvgIpc) is 2.98. The Hall–Kier alpha value is -2.38. The highest BCUT2D eigenvalue weighted by molar-refractivity contribution is 5.81. The van der Waals surface area contributed by atoms with E-state index in [0.717, 1.165) is 5.56 Å². The number of benzene rings is 1. The van der Waals surface area contributed by atoms with Gasteiger partial charge in [0.1, 0.15) is 24.9 Å². The third kappa shape index (κ3) is 5.86. The number of carbonyl (C=O) groups excluding carboxylic acids is 2. The first-order valence-electron chi connectivity index (χ1n) is 8.43. The smallest absolute Gasteiger partial charge is 0.408 e. The van der Waals surface area contributed by atoms with Crippen molar-refractivity contribution in [3.05, 3.63) is 48.6 Å². The minimum atomic E-state index is -0.879. The number of hydrogen-bond acceptors (Lipinski definition) is 6. The molecule has 2 rings (SSSR count). The predicted molar refractivity (Wildman–Crippen MR) is 94.2 cm³/mol. The minimum Gasteiger partial charge on any atom is -0.454 e. The second kappa shape index (κ2) is 8.82. The first-order chi connectivity index (χ1) is 12.3. The summed E-state index contributed by atoms with van der Waals surface area (Å²) >= 11 is 0. The molecule has 7 nitrogen and oxygen atoms in total. The van der Waals surface area contributed by atoms with Crippen molar-refractivity contribution in [2.24, 2.45) is 0 Å². The molecule has 1 unspecified atom stereocenters. The number of amides is 1. The molecule has 26 heavy (non-hydrogen) atoms. The van der Waals surface area contributed by atoms with E-state index in [-0.39, 0.29) is 13.2 Å². The van der Waals surface area contributed by atoms with E-state index in [1.165, 1.54) is 13.0 Å². The van der Waals surface area contributed by atoms with Gasteiger partial charge in [0.2, 0.25) is 0 Å². The highest BCUT2D eigenvalue weighted by Crippen LogP contribution is 2.25. The van der Waals surface area contributed by atoms with Crippen molar-refractivity contribution < 1.29 is 28.5 Å². The lowest BCUT2D eigenvalue weighted by atomic mass is 10.2. The molecule has 1 saturated heterocycles. The highest BCUT2D eigenvalue weighted by atomic mass is 16.8. The van der Waals surface area contributed by atoms with Crippen molar-refractivity contribution in [2.45, 2.75) is 51.4 Å². The van der Waals surface area contributed by atoms with Gasteiger partial charge in [0, 0.05) is 0 Å². The topological polar surface area (TPSA) is 83.1 Å². The maximum absolute atomic E-state index is 12.2. The summed E-state index contributed by atoms with van der Waals surface area (Å²) in [6.45, 7) is 9.15. The van der Waals surface area contributed by atoms with E-state index in [9.17, 15) is 9.59 Å². The summed E-state index contributed by atoms with van der Waals surface area (Å²) in [5.41, 5.74) is 0.852. The summed E-state index contributed by atoms with van der Waals surface area (Å²) in [5.74, 6) is -1.34. The fraction of sp³-hybridized carbons (Fsp3) is 0.474. The first-order valence-corrected chi connectivity index (χ1v) is 8.43. The van der Waals surface area contributed by atoms with Gasteiger partial charge >= 0.3 is 12.1 Å². The van der Waals surface area contributed by atoms with E-state index in [1.54, 1.807) is 13.8 Å². The van der Waals surface area contributed by atoms with E-state index in [1.807, 2.05) is 30.3 Å². The van der Waals surface area contributed by atoms with Crippen molar-refractivity contribution in [1.29, 1.82) is 0 Å². The number of esters is 1. The van der Waals surface area contributed by atoms with Gasteiger partial charge in [-0.05, 0) is 32.4 Å². The molecule has 0 bridgehead atoms. The van der Waals surface area contributed by atoms with Crippen LogP contribution >= 0.6 is 0 Å². The molecule has 1 aliphatic heterocycles. The maximum atomic E-state index is 12.2. The van der Waals surface area contributed by atoms with Crippen LogP contribution in [0.5, 0.6) is 0 Å². The van der Waals surface area contributed by atoms with Crippen LogP contribution in [0.4, 0.5) is 4.79 Å². The van der Waals surface area contributed by atoms with Crippen molar-refractivity contribution in [3.8, 4) is 0 Å². The van der Waals surface area contributed by atoms with Gasteiger partial charge in [0.15, 0.2) is 5.79 Å². The molecule has 142 valence electrons. The lowest BCUT2D eigenvalue weighted by Crippen LogP contribution is -2.43. The summed E-state index contributed by atoms with van der Waals surface area (Å²) in [4.78, 5) is 24.0. The largest absolute Gasteiger partial charge is 0.454 e. The van der Waals surface area contributed by atoms with Gasteiger partial charge in [-0.25, -0.2) is 9.59 Å². The zero-order valence-electron chi connectivity index (χ0n) is 15.3. The van der Waals surface area contributed by atoms with Crippen molar-refractivity contribution in [3.63, 3.8) is 0 Å². The summed E-state index contributed by atoms with van der Waals surface area (Å²) in [5, 5.41) is 2.44. The molecule has 1 amide bonds. The van der Waals surface area contributed by atoms with Gasteiger partial charge in [-0.2, -0.15) is 0 Å². The lowest BCUT2D eigenvalue weighted by Gasteiger charge is -2.23. The van der Waals surface area contributed by atoms with Crippen LogP contribution in [-0.4, -0.2) is 42.7 Å². The van der Waals surface area contributed by atoms with Gasteiger partial charge < -0.3 is 24.3 Å². The third-order valence-electron chi connectivity index (χ3n) is 3.78. The van der Waals surface area contributed by atoms with Crippen LogP contribution in [0.3, 0.4) is 0 Å². The molecule has 1 aliphatic rings. The summed E-state index contributed by atoms with van der Waals surface area (Å²) in [7, 11) is 0. The quantitative estimate of drug-likeness (QED) is 0.592. The van der Waals surface area contributed by atoms with Gasteiger partial charge in [-0.15, -0.1) is 0 Å². The average molecular weight is 363 g/mol. The summed E-state index contributed by atoms with van der Waals surface area (Å²) < 4.78 is 21.6. The first kappa shape index (κ1) is 19.9. The Bertz CT molecular complexity index is 630. The zero-order chi connectivity index (χ0) is 19.2. The van der Waals surface area contributed by atoms with Gasteiger partial charge in [0.05, 0.1) is 6.61 Å². The number of nitrogens with one attached hydrogen (secondary N) is 1. The molecule has 0 saturated carbocycles. The highest BCUT2D eigenvalue weighted by Gasteiger charge is 2.38. The second-order valence-electron chi connectivity index (χ2n) is 6.43. The summed E-state index contributed by atoms with van der Waals surface area (Å²) in [6, 6.07) is 8.37. The molecule has 3 atom stereocenters. The van der Waals surface area contributed by atoms with Gasteiger partial charge in [0.25, 0.3) is 0 Å². The van der Waals surface area contributed by atoms with Crippen LogP contribution in [0.25, 0.3) is 0 Å². The van der Waals surface area contributed by atoms with Crippen LogP contribution in [0.2, 0.25) is 0 Å². The molecule has 1 heterocycles. The molecule has 1 aromatic rings. The van der Waals surface area contributed by atoms with Crippen LogP contribution in [0.1, 0.15) is 26.3 Å². The number of ether oxygens (including phenoxy) is 4. The Morgan fingerprint density at radius 2 is 2.08 bits per heavy atom. The molecule has 0 aromatic heterocycles. The maximum Gasteiger partial charge on any atom is 0.408 e. The fourth-order valence-electron chi connectivity index (χ4n) is 2.39. The summed E-state index contributed by atoms with van der Waals surface area (Å²) in [6.07, 6.45) is -0.332. The molecule has 7 heteroatoms. The number of alkyl carbamates (subject to hydrolysis) is 1. The molecule has 0 aliphatic carbocycles. The standard InChI is InChI=1S/C19H25NO6/c1-5-15(16-12-24-19(3,4)26-16)25-17(21)13(2)20-18(22)23-11-14-9-7-6-8-10-14/h5-10,13,15-16H,1,11-12H2,2-4H3,(H,20,22)/t13?,15-,16+/m0/s1. The Balaban J connectivity index is 1.78. The molecule has 0 spiro atoms. The number of rotatable bonds is 7. The predicted octanol–water partition coefficient (Wildman–Crippen LogP) is 2.55. The Labute approximate surface area is 153 Å². The Morgan fingerprint density at radius 3 is 2.65 bits per heavy atom. The molecular weight excluding hydrogens is 338 g/mol.